The highest BCUT2D eigenvalue weighted by Crippen LogP contribution is 2.28. The molecule has 6 nitrogen and oxygen atoms in total. The topological polar surface area (TPSA) is 71.3 Å². The molecule has 0 spiro atoms. The van der Waals surface area contributed by atoms with Crippen LogP contribution in [0.1, 0.15) is 24.7 Å². The maximum absolute atomic E-state index is 13.8. The van der Waals surface area contributed by atoms with E-state index in [4.69, 9.17) is 16.1 Å². The van der Waals surface area contributed by atoms with Crippen molar-refractivity contribution >= 4 is 23.3 Å². The van der Waals surface area contributed by atoms with Gasteiger partial charge in [-0.2, -0.15) is 4.98 Å². The molecule has 1 fully saturated rings. The highest BCUT2D eigenvalue weighted by atomic mass is 35.5. The molecule has 8 heteroatoms. The number of aromatic nitrogens is 2. The van der Waals surface area contributed by atoms with E-state index in [-0.39, 0.29) is 17.6 Å². The number of para-hydroxylation sites is 1. The molecule has 2 amide bonds. The molecule has 1 saturated heterocycles. The van der Waals surface area contributed by atoms with Crippen LogP contribution < -0.4 is 5.32 Å². The number of nitrogens with zero attached hydrogens (tertiary/aromatic N) is 3. The van der Waals surface area contributed by atoms with Gasteiger partial charge in [-0.1, -0.05) is 41.0 Å². The SMILES string of the molecule is O=C(Nc1ccccc1F)N1CCC[C@@H](c2nc(-c3cccc(Cl)c3)no2)C1. The first-order valence-corrected chi connectivity index (χ1v) is 9.38. The Labute approximate surface area is 166 Å². The first-order valence-electron chi connectivity index (χ1n) is 9.00. The smallest absolute Gasteiger partial charge is 0.321 e. The predicted molar refractivity (Wildman–Crippen MR) is 104 cm³/mol. The van der Waals surface area contributed by atoms with E-state index in [1.807, 2.05) is 12.1 Å². The van der Waals surface area contributed by atoms with Gasteiger partial charge in [0.05, 0.1) is 11.6 Å². The van der Waals surface area contributed by atoms with Gasteiger partial charge in [0.1, 0.15) is 5.82 Å². The van der Waals surface area contributed by atoms with Crippen molar-refractivity contribution in [1.29, 1.82) is 0 Å². The van der Waals surface area contributed by atoms with E-state index in [9.17, 15) is 9.18 Å². The number of halogens is 2. The Morgan fingerprint density at radius 1 is 1.25 bits per heavy atom. The van der Waals surface area contributed by atoms with Crippen LogP contribution in [-0.2, 0) is 0 Å². The van der Waals surface area contributed by atoms with Crippen molar-refractivity contribution in [1.82, 2.24) is 15.0 Å². The number of anilines is 1. The molecule has 0 bridgehead atoms. The maximum atomic E-state index is 13.8. The van der Waals surface area contributed by atoms with E-state index in [2.05, 4.69) is 15.5 Å². The summed E-state index contributed by atoms with van der Waals surface area (Å²) in [6, 6.07) is 13.0. The van der Waals surface area contributed by atoms with Crippen molar-refractivity contribution in [2.75, 3.05) is 18.4 Å². The van der Waals surface area contributed by atoms with Gasteiger partial charge in [0.25, 0.3) is 0 Å². The number of amides is 2. The minimum atomic E-state index is -0.465. The van der Waals surface area contributed by atoms with Crippen molar-refractivity contribution in [2.45, 2.75) is 18.8 Å². The third-order valence-electron chi connectivity index (χ3n) is 4.70. The minimum Gasteiger partial charge on any atom is -0.339 e. The number of urea groups is 1. The fourth-order valence-electron chi connectivity index (χ4n) is 3.27. The number of benzene rings is 2. The fraction of sp³-hybridized carbons (Fsp3) is 0.250. The van der Waals surface area contributed by atoms with Crippen molar-refractivity contribution in [3.05, 3.63) is 65.3 Å². The zero-order valence-corrected chi connectivity index (χ0v) is 15.7. The van der Waals surface area contributed by atoms with Crippen LogP contribution in [0.15, 0.2) is 53.1 Å². The third kappa shape index (κ3) is 3.99. The Bertz CT molecular complexity index is 994. The number of piperidine rings is 1. The molecule has 0 saturated carbocycles. The van der Waals surface area contributed by atoms with Gasteiger partial charge >= 0.3 is 6.03 Å². The van der Waals surface area contributed by atoms with Gasteiger partial charge in [-0.15, -0.1) is 0 Å². The van der Waals surface area contributed by atoms with Gasteiger partial charge in [0, 0.05) is 23.7 Å². The summed E-state index contributed by atoms with van der Waals surface area (Å²) in [5.74, 6) is 0.414. The van der Waals surface area contributed by atoms with Crippen LogP contribution in [0, 0.1) is 5.82 Å². The summed E-state index contributed by atoms with van der Waals surface area (Å²) in [4.78, 5) is 18.7. The Hall–Kier alpha value is -2.93. The largest absolute Gasteiger partial charge is 0.339 e. The average Bonchev–Trinajstić information content (AvgIpc) is 3.20. The molecule has 1 aromatic heterocycles. The van der Waals surface area contributed by atoms with Crippen molar-refractivity contribution < 1.29 is 13.7 Å². The van der Waals surface area contributed by atoms with Gasteiger partial charge in [0.15, 0.2) is 0 Å². The second kappa shape index (κ2) is 7.98. The second-order valence-corrected chi connectivity index (χ2v) is 7.10. The van der Waals surface area contributed by atoms with Crippen LogP contribution in [0.3, 0.4) is 0 Å². The minimum absolute atomic E-state index is 0.0689. The van der Waals surface area contributed by atoms with Gasteiger partial charge in [-0.3, -0.25) is 0 Å². The molecule has 0 aliphatic carbocycles. The zero-order valence-electron chi connectivity index (χ0n) is 14.9. The van der Waals surface area contributed by atoms with Crippen molar-refractivity contribution in [2.24, 2.45) is 0 Å². The number of likely N-dealkylation sites (tertiary alicyclic amines) is 1. The Kier molecular flexibility index (Phi) is 5.25. The van der Waals surface area contributed by atoms with Crippen LogP contribution >= 0.6 is 11.6 Å². The van der Waals surface area contributed by atoms with Crippen LogP contribution in [0.5, 0.6) is 0 Å². The van der Waals surface area contributed by atoms with Crippen LogP contribution in [-0.4, -0.2) is 34.2 Å². The number of carbonyl (C=O) groups is 1. The maximum Gasteiger partial charge on any atom is 0.321 e. The lowest BCUT2D eigenvalue weighted by molar-refractivity contribution is 0.184. The number of carbonyl (C=O) groups excluding carboxylic acids is 1. The quantitative estimate of drug-likeness (QED) is 0.675. The van der Waals surface area contributed by atoms with E-state index < -0.39 is 5.82 Å². The molecule has 4 rings (SSSR count). The Morgan fingerprint density at radius 2 is 2.11 bits per heavy atom. The van der Waals surface area contributed by atoms with Crippen molar-refractivity contribution in [3.63, 3.8) is 0 Å². The summed E-state index contributed by atoms with van der Waals surface area (Å²) in [5, 5.41) is 7.25. The van der Waals surface area contributed by atoms with Gasteiger partial charge in [0.2, 0.25) is 11.7 Å². The molecular formula is C20H18ClFN4O2. The lowest BCUT2D eigenvalue weighted by Gasteiger charge is -2.31. The number of nitrogens with one attached hydrogen (secondary N) is 1. The highest BCUT2D eigenvalue weighted by Gasteiger charge is 2.29. The van der Waals surface area contributed by atoms with Crippen LogP contribution in [0.25, 0.3) is 11.4 Å². The molecule has 144 valence electrons. The fourth-order valence-corrected chi connectivity index (χ4v) is 3.46. The van der Waals surface area contributed by atoms with E-state index >= 15 is 0 Å². The summed E-state index contributed by atoms with van der Waals surface area (Å²) in [5.41, 5.74) is 0.933. The van der Waals surface area contributed by atoms with E-state index in [1.165, 1.54) is 12.1 Å². The van der Waals surface area contributed by atoms with E-state index in [0.717, 1.165) is 18.4 Å². The first kappa shape index (κ1) is 18.4. The summed E-state index contributed by atoms with van der Waals surface area (Å²) in [6.45, 7) is 1.02. The highest BCUT2D eigenvalue weighted by molar-refractivity contribution is 6.30. The molecule has 3 aromatic rings. The van der Waals surface area contributed by atoms with Gasteiger partial charge < -0.3 is 14.7 Å². The second-order valence-electron chi connectivity index (χ2n) is 6.66. The molecule has 28 heavy (non-hydrogen) atoms. The molecule has 1 N–H and O–H groups in total. The molecular weight excluding hydrogens is 383 g/mol. The summed E-state index contributed by atoms with van der Waals surface area (Å²) >= 11 is 6.02. The van der Waals surface area contributed by atoms with Gasteiger partial charge in [-0.05, 0) is 37.1 Å². The summed E-state index contributed by atoms with van der Waals surface area (Å²) in [7, 11) is 0. The van der Waals surface area contributed by atoms with Gasteiger partial charge in [-0.25, -0.2) is 9.18 Å². The Morgan fingerprint density at radius 3 is 2.93 bits per heavy atom. The number of hydrogen-bond acceptors (Lipinski definition) is 4. The number of hydrogen-bond donors (Lipinski definition) is 1. The first-order chi connectivity index (χ1) is 13.6. The zero-order chi connectivity index (χ0) is 19.5. The molecule has 1 aliphatic heterocycles. The molecule has 0 radical (unpaired) electrons. The standard InChI is InChI=1S/C20H18ClFN4O2/c21-15-7-3-5-13(11-15)18-24-19(28-25-18)14-6-4-10-26(12-14)20(27)23-17-9-2-1-8-16(17)22/h1-3,5,7-9,11,14H,4,6,10,12H2,(H,23,27)/t14-/m1/s1. The predicted octanol–water partition coefficient (Wildman–Crippen LogP) is 4.94. The summed E-state index contributed by atoms with van der Waals surface area (Å²) < 4.78 is 19.2. The van der Waals surface area contributed by atoms with E-state index in [1.54, 1.807) is 29.2 Å². The molecule has 2 aromatic carbocycles. The number of rotatable bonds is 3. The average molecular weight is 401 g/mol. The van der Waals surface area contributed by atoms with E-state index in [0.29, 0.717) is 29.8 Å². The lowest BCUT2D eigenvalue weighted by Crippen LogP contribution is -2.41. The van der Waals surface area contributed by atoms with Crippen LogP contribution in [0.4, 0.5) is 14.9 Å². The van der Waals surface area contributed by atoms with Crippen molar-refractivity contribution in [3.8, 4) is 11.4 Å². The molecule has 1 aliphatic rings. The molecule has 2 heterocycles. The third-order valence-corrected chi connectivity index (χ3v) is 4.93. The Balaban J connectivity index is 1.45. The normalized spacial score (nSPS) is 16.8. The monoisotopic (exact) mass is 400 g/mol. The van der Waals surface area contributed by atoms with Crippen LogP contribution in [0.2, 0.25) is 5.02 Å². The lowest BCUT2D eigenvalue weighted by atomic mass is 9.98. The molecule has 1 atom stereocenters. The molecule has 0 unspecified atom stereocenters. The summed E-state index contributed by atoms with van der Waals surface area (Å²) in [6.07, 6.45) is 1.63.